The van der Waals surface area contributed by atoms with E-state index >= 15 is 0 Å². The molecule has 0 spiro atoms. The molecule has 2 N–H and O–H groups in total. The van der Waals surface area contributed by atoms with Gasteiger partial charge in [0, 0.05) is 17.4 Å². The molecule has 2 aliphatic carbocycles. The van der Waals surface area contributed by atoms with Crippen molar-refractivity contribution >= 4 is 0 Å². The SMILES string of the molecule is CC1(CO)[C@H]2CC[C@]1(C)C(O)C2. The van der Waals surface area contributed by atoms with E-state index in [2.05, 4.69) is 13.8 Å². The Kier molecular flexibility index (Phi) is 1.59. The van der Waals surface area contributed by atoms with E-state index < -0.39 is 0 Å². The zero-order chi connectivity index (χ0) is 8.98. The minimum Gasteiger partial charge on any atom is -0.396 e. The van der Waals surface area contributed by atoms with Gasteiger partial charge in [0.2, 0.25) is 0 Å². The van der Waals surface area contributed by atoms with E-state index in [1.807, 2.05) is 0 Å². The fourth-order valence-electron chi connectivity index (χ4n) is 3.31. The molecule has 0 amide bonds. The van der Waals surface area contributed by atoms with Crippen molar-refractivity contribution in [3.8, 4) is 0 Å². The number of hydrogen-bond donors (Lipinski definition) is 2. The zero-order valence-electron chi connectivity index (χ0n) is 7.88. The lowest BCUT2D eigenvalue weighted by Crippen LogP contribution is -2.39. The lowest BCUT2D eigenvalue weighted by Gasteiger charge is -2.38. The third-order valence-electron chi connectivity index (χ3n) is 4.79. The second kappa shape index (κ2) is 2.24. The maximum atomic E-state index is 9.83. The maximum Gasteiger partial charge on any atom is 0.0602 e. The quantitative estimate of drug-likeness (QED) is 0.620. The van der Waals surface area contributed by atoms with Crippen LogP contribution in [0, 0.1) is 16.7 Å². The number of aliphatic hydroxyl groups is 2. The summed E-state index contributed by atoms with van der Waals surface area (Å²) in [6.45, 7) is 4.48. The highest BCUT2D eigenvalue weighted by molar-refractivity contribution is 5.12. The van der Waals surface area contributed by atoms with Gasteiger partial charge >= 0.3 is 0 Å². The van der Waals surface area contributed by atoms with Crippen molar-refractivity contribution in [1.29, 1.82) is 0 Å². The van der Waals surface area contributed by atoms with Crippen LogP contribution in [0.4, 0.5) is 0 Å². The molecule has 2 saturated carbocycles. The van der Waals surface area contributed by atoms with Crippen molar-refractivity contribution in [2.75, 3.05) is 6.61 Å². The smallest absolute Gasteiger partial charge is 0.0602 e. The van der Waals surface area contributed by atoms with Gasteiger partial charge in [0.25, 0.3) is 0 Å². The van der Waals surface area contributed by atoms with Crippen molar-refractivity contribution < 1.29 is 10.2 Å². The molecule has 2 nitrogen and oxygen atoms in total. The van der Waals surface area contributed by atoms with Crippen LogP contribution in [0.5, 0.6) is 0 Å². The summed E-state index contributed by atoms with van der Waals surface area (Å²) < 4.78 is 0. The average molecular weight is 170 g/mol. The Labute approximate surface area is 73.6 Å². The van der Waals surface area contributed by atoms with Gasteiger partial charge in [-0.15, -0.1) is 0 Å². The number of hydrogen-bond acceptors (Lipinski definition) is 2. The van der Waals surface area contributed by atoms with Crippen LogP contribution in [-0.4, -0.2) is 22.9 Å². The summed E-state index contributed by atoms with van der Waals surface area (Å²) >= 11 is 0. The van der Waals surface area contributed by atoms with Crippen molar-refractivity contribution in [3.63, 3.8) is 0 Å². The summed E-state index contributed by atoms with van der Waals surface area (Å²) in [7, 11) is 0. The molecule has 0 saturated heterocycles. The third-order valence-corrected chi connectivity index (χ3v) is 4.79. The first-order chi connectivity index (χ1) is 5.54. The van der Waals surface area contributed by atoms with Crippen LogP contribution in [0.25, 0.3) is 0 Å². The van der Waals surface area contributed by atoms with E-state index in [9.17, 15) is 10.2 Å². The van der Waals surface area contributed by atoms with Crippen LogP contribution in [0.2, 0.25) is 0 Å². The van der Waals surface area contributed by atoms with Crippen molar-refractivity contribution in [1.82, 2.24) is 0 Å². The number of rotatable bonds is 1. The maximum absolute atomic E-state index is 9.83. The second-order valence-electron chi connectivity index (χ2n) is 4.98. The van der Waals surface area contributed by atoms with Crippen molar-refractivity contribution in [3.05, 3.63) is 0 Å². The van der Waals surface area contributed by atoms with E-state index in [0.29, 0.717) is 5.92 Å². The van der Waals surface area contributed by atoms with Gasteiger partial charge in [-0.1, -0.05) is 13.8 Å². The van der Waals surface area contributed by atoms with E-state index in [4.69, 9.17) is 0 Å². The van der Waals surface area contributed by atoms with Crippen LogP contribution < -0.4 is 0 Å². The van der Waals surface area contributed by atoms with Gasteiger partial charge in [-0.25, -0.2) is 0 Å². The van der Waals surface area contributed by atoms with Gasteiger partial charge < -0.3 is 10.2 Å². The second-order valence-corrected chi connectivity index (χ2v) is 4.98. The Morgan fingerprint density at radius 2 is 2.08 bits per heavy atom. The highest BCUT2D eigenvalue weighted by Crippen LogP contribution is 2.65. The first-order valence-corrected chi connectivity index (χ1v) is 4.83. The Morgan fingerprint density at radius 1 is 1.42 bits per heavy atom. The standard InChI is InChI=1S/C10H18O2/c1-9-4-3-7(5-8(9)12)10(9,2)6-11/h7-8,11-12H,3-6H2,1-2H3/t7-,8?,9+,10?/m0/s1. The predicted octanol–water partition coefficient (Wildman–Crippen LogP) is 1.17. The van der Waals surface area contributed by atoms with Crippen molar-refractivity contribution in [2.24, 2.45) is 16.7 Å². The normalized spacial score (nSPS) is 58.0. The van der Waals surface area contributed by atoms with Crippen LogP contribution in [0.15, 0.2) is 0 Å². The zero-order valence-corrected chi connectivity index (χ0v) is 7.88. The molecule has 2 fully saturated rings. The molecule has 0 heterocycles. The topological polar surface area (TPSA) is 40.5 Å². The summed E-state index contributed by atoms with van der Waals surface area (Å²) in [6.07, 6.45) is 2.97. The molecule has 2 aliphatic rings. The highest BCUT2D eigenvalue weighted by Gasteiger charge is 2.63. The first-order valence-electron chi connectivity index (χ1n) is 4.83. The molecular formula is C10H18O2. The van der Waals surface area contributed by atoms with Crippen LogP contribution >= 0.6 is 0 Å². The fraction of sp³-hybridized carbons (Fsp3) is 1.00. The summed E-state index contributed by atoms with van der Waals surface area (Å²) in [5, 5.41) is 19.2. The van der Waals surface area contributed by atoms with Crippen LogP contribution in [0.1, 0.15) is 33.1 Å². The molecule has 0 aromatic carbocycles. The van der Waals surface area contributed by atoms with E-state index in [0.717, 1.165) is 12.8 Å². The van der Waals surface area contributed by atoms with E-state index in [1.54, 1.807) is 0 Å². The molecule has 2 heteroatoms. The van der Waals surface area contributed by atoms with Crippen molar-refractivity contribution in [2.45, 2.75) is 39.2 Å². The number of aliphatic hydroxyl groups excluding tert-OH is 2. The fourth-order valence-corrected chi connectivity index (χ4v) is 3.31. The van der Waals surface area contributed by atoms with Gasteiger partial charge in [0.05, 0.1) is 6.10 Å². The molecule has 2 unspecified atom stereocenters. The summed E-state index contributed by atoms with van der Waals surface area (Å²) in [6, 6.07) is 0. The van der Waals surface area contributed by atoms with E-state index in [1.165, 1.54) is 6.42 Å². The monoisotopic (exact) mass is 170 g/mol. The highest BCUT2D eigenvalue weighted by atomic mass is 16.3. The Balaban J connectivity index is 2.38. The molecule has 12 heavy (non-hydrogen) atoms. The molecule has 4 atom stereocenters. The lowest BCUT2D eigenvalue weighted by atomic mass is 9.69. The minimum absolute atomic E-state index is 0.0214. The Hall–Kier alpha value is -0.0800. The molecule has 2 rings (SSSR count). The molecule has 2 bridgehead atoms. The van der Waals surface area contributed by atoms with E-state index in [-0.39, 0.29) is 23.5 Å². The molecule has 0 aromatic rings. The van der Waals surface area contributed by atoms with Gasteiger partial charge in [-0.05, 0) is 25.2 Å². The summed E-state index contributed by atoms with van der Waals surface area (Å²) in [5.74, 6) is 0.544. The molecule has 70 valence electrons. The van der Waals surface area contributed by atoms with Gasteiger partial charge in [-0.2, -0.15) is 0 Å². The van der Waals surface area contributed by atoms with Gasteiger partial charge in [0.1, 0.15) is 0 Å². The first kappa shape index (κ1) is 8.52. The summed E-state index contributed by atoms with van der Waals surface area (Å²) in [4.78, 5) is 0. The molecule has 0 aromatic heterocycles. The van der Waals surface area contributed by atoms with Crippen LogP contribution in [-0.2, 0) is 0 Å². The molecule has 0 radical (unpaired) electrons. The largest absolute Gasteiger partial charge is 0.396 e. The third kappa shape index (κ3) is 0.686. The molecular weight excluding hydrogens is 152 g/mol. The lowest BCUT2D eigenvalue weighted by molar-refractivity contribution is -0.0213. The minimum atomic E-state index is -0.187. The average Bonchev–Trinajstić information content (AvgIpc) is 2.39. The Bertz CT molecular complexity index is 202. The summed E-state index contributed by atoms with van der Waals surface area (Å²) in [5.41, 5.74) is -0.0428. The van der Waals surface area contributed by atoms with Gasteiger partial charge in [0.15, 0.2) is 0 Å². The number of fused-ring (bicyclic) bond motifs is 2. The van der Waals surface area contributed by atoms with Crippen LogP contribution in [0.3, 0.4) is 0 Å². The van der Waals surface area contributed by atoms with Gasteiger partial charge in [-0.3, -0.25) is 0 Å². The predicted molar refractivity (Wildman–Crippen MR) is 46.6 cm³/mol. The Morgan fingerprint density at radius 3 is 2.33 bits per heavy atom. The molecule has 0 aliphatic heterocycles.